The van der Waals surface area contributed by atoms with Crippen LogP contribution in [0.1, 0.15) is 13.8 Å². The lowest BCUT2D eigenvalue weighted by Crippen LogP contribution is -2.43. The first-order valence-corrected chi connectivity index (χ1v) is 5.81. The number of likely N-dealkylation sites (N-methyl/N-ethyl adjacent to an activating group) is 1. The fourth-order valence-corrected chi connectivity index (χ4v) is 1.47. The van der Waals surface area contributed by atoms with E-state index in [0.717, 1.165) is 0 Å². The second-order valence-electron chi connectivity index (χ2n) is 3.80. The number of nitrogens with zero attached hydrogens (tertiary/aromatic N) is 1. The van der Waals surface area contributed by atoms with Gasteiger partial charge in [-0.15, -0.1) is 0 Å². The second-order valence-corrected chi connectivity index (χ2v) is 3.80. The van der Waals surface area contributed by atoms with Crippen LogP contribution in [0.15, 0.2) is 29.2 Å². The maximum absolute atomic E-state index is 11.4. The first-order chi connectivity index (χ1) is 8.15. The normalized spacial score (nSPS) is 12.1. The first-order valence-electron chi connectivity index (χ1n) is 5.81. The molecule has 0 aliphatic rings. The van der Waals surface area contributed by atoms with Gasteiger partial charge in [0.25, 0.3) is 5.56 Å². The zero-order valence-corrected chi connectivity index (χ0v) is 10.3. The number of hydrogen-bond acceptors (Lipinski definition) is 3. The minimum absolute atomic E-state index is 0.0205. The Labute approximate surface area is 101 Å². The van der Waals surface area contributed by atoms with Crippen molar-refractivity contribution in [3.05, 3.63) is 34.7 Å². The van der Waals surface area contributed by atoms with Gasteiger partial charge >= 0.3 is 0 Å². The van der Waals surface area contributed by atoms with E-state index in [4.69, 9.17) is 0 Å². The van der Waals surface area contributed by atoms with Crippen molar-refractivity contribution in [2.75, 3.05) is 13.1 Å². The number of carbonyl (C=O) groups excluding carboxylic acids is 1. The zero-order valence-electron chi connectivity index (χ0n) is 10.3. The summed E-state index contributed by atoms with van der Waals surface area (Å²) >= 11 is 0. The van der Waals surface area contributed by atoms with Gasteiger partial charge in [0.1, 0.15) is 0 Å². The van der Waals surface area contributed by atoms with E-state index in [1.807, 2.05) is 13.0 Å². The highest BCUT2D eigenvalue weighted by Crippen LogP contribution is 1.84. The molecule has 17 heavy (non-hydrogen) atoms. The lowest BCUT2D eigenvalue weighted by molar-refractivity contribution is -0.122. The predicted molar refractivity (Wildman–Crippen MR) is 66.9 cm³/mol. The lowest BCUT2D eigenvalue weighted by atomic mass is 10.3. The molecule has 0 bridgehead atoms. The van der Waals surface area contributed by atoms with Gasteiger partial charge in [-0.3, -0.25) is 9.59 Å². The molecule has 2 N–H and O–H groups in total. The molecule has 1 heterocycles. The number of hydrogen-bond donors (Lipinski definition) is 2. The average Bonchev–Trinajstić information content (AvgIpc) is 2.31. The topological polar surface area (TPSA) is 63.1 Å². The van der Waals surface area contributed by atoms with Gasteiger partial charge in [0.15, 0.2) is 0 Å². The van der Waals surface area contributed by atoms with E-state index < -0.39 is 0 Å². The highest BCUT2D eigenvalue weighted by molar-refractivity contribution is 5.81. The monoisotopic (exact) mass is 237 g/mol. The summed E-state index contributed by atoms with van der Waals surface area (Å²) in [5, 5.41) is 5.81. The smallest absolute Gasteiger partial charge is 0.250 e. The summed E-state index contributed by atoms with van der Waals surface area (Å²) in [4.78, 5) is 22.8. The van der Waals surface area contributed by atoms with Crippen molar-refractivity contribution < 1.29 is 4.79 Å². The third kappa shape index (κ3) is 4.40. The molecule has 0 fully saturated rings. The van der Waals surface area contributed by atoms with Crippen molar-refractivity contribution >= 4 is 5.91 Å². The first kappa shape index (κ1) is 13.4. The largest absolute Gasteiger partial charge is 0.355 e. The van der Waals surface area contributed by atoms with Crippen LogP contribution in [-0.4, -0.2) is 29.6 Å². The van der Waals surface area contributed by atoms with Gasteiger partial charge in [0.05, 0.1) is 6.04 Å². The zero-order chi connectivity index (χ0) is 12.7. The Morgan fingerprint density at radius 3 is 2.88 bits per heavy atom. The molecule has 5 nitrogen and oxygen atoms in total. The van der Waals surface area contributed by atoms with Crippen LogP contribution in [0.5, 0.6) is 0 Å². The van der Waals surface area contributed by atoms with Crippen LogP contribution in [0.2, 0.25) is 0 Å². The van der Waals surface area contributed by atoms with Crippen LogP contribution in [0.3, 0.4) is 0 Å². The van der Waals surface area contributed by atoms with Crippen molar-refractivity contribution in [1.29, 1.82) is 0 Å². The molecule has 1 amide bonds. The average molecular weight is 237 g/mol. The molecular weight excluding hydrogens is 218 g/mol. The van der Waals surface area contributed by atoms with Crippen molar-refractivity contribution in [2.24, 2.45) is 0 Å². The standard InChI is InChI=1S/C12H19N3O2/c1-3-13-12(17)10(2)14-7-9-15-8-5-4-6-11(15)16/h4-6,8,10,14H,3,7,9H2,1-2H3,(H,13,17). The van der Waals surface area contributed by atoms with E-state index in [9.17, 15) is 9.59 Å². The molecule has 5 heteroatoms. The van der Waals surface area contributed by atoms with Crippen molar-refractivity contribution in [2.45, 2.75) is 26.4 Å². The van der Waals surface area contributed by atoms with Gasteiger partial charge in [-0.2, -0.15) is 0 Å². The molecule has 1 rings (SSSR count). The van der Waals surface area contributed by atoms with E-state index in [1.54, 1.807) is 23.8 Å². The number of carbonyl (C=O) groups is 1. The van der Waals surface area contributed by atoms with E-state index in [1.165, 1.54) is 6.07 Å². The Bertz CT molecular complexity index is 414. The molecular formula is C12H19N3O2. The number of nitrogens with one attached hydrogen (secondary N) is 2. The predicted octanol–water partition coefficient (Wildman–Crippen LogP) is -0.0375. The summed E-state index contributed by atoms with van der Waals surface area (Å²) in [5.41, 5.74) is -0.0278. The van der Waals surface area contributed by atoms with Gasteiger partial charge in [0, 0.05) is 31.9 Å². The molecule has 0 spiro atoms. The molecule has 0 aliphatic heterocycles. The number of rotatable bonds is 6. The van der Waals surface area contributed by atoms with Crippen LogP contribution >= 0.6 is 0 Å². The van der Waals surface area contributed by atoms with E-state index in [0.29, 0.717) is 19.6 Å². The Kier molecular flexibility index (Phi) is 5.42. The second kappa shape index (κ2) is 6.85. The van der Waals surface area contributed by atoms with Crippen molar-refractivity contribution in [3.63, 3.8) is 0 Å². The van der Waals surface area contributed by atoms with Crippen LogP contribution in [0, 0.1) is 0 Å². The maximum Gasteiger partial charge on any atom is 0.250 e. The Hall–Kier alpha value is -1.62. The number of amides is 1. The summed E-state index contributed by atoms with van der Waals surface area (Å²) in [5.74, 6) is -0.0205. The third-order valence-electron chi connectivity index (χ3n) is 2.45. The highest BCUT2D eigenvalue weighted by Gasteiger charge is 2.09. The van der Waals surface area contributed by atoms with Crippen LogP contribution in [-0.2, 0) is 11.3 Å². The summed E-state index contributed by atoms with van der Waals surface area (Å²) < 4.78 is 1.61. The molecule has 1 atom stereocenters. The summed E-state index contributed by atoms with van der Waals surface area (Å²) in [7, 11) is 0. The molecule has 0 radical (unpaired) electrons. The molecule has 1 aromatic rings. The molecule has 94 valence electrons. The van der Waals surface area contributed by atoms with Gasteiger partial charge in [-0.1, -0.05) is 6.07 Å². The fraction of sp³-hybridized carbons (Fsp3) is 0.500. The SMILES string of the molecule is CCNC(=O)C(C)NCCn1ccccc1=O. The molecule has 0 aromatic carbocycles. The maximum atomic E-state index is 11.4. The Morgan fingerprint density at radius 1 is 1.47 bits per heavy atom. The van der Waals surface area contributed by atoms with Gasteiger partial charge < -0.3 is 15.2 Å². The molecule has 0 saturated carbocycles. The van der Waals surface area contributed by atoms with Gasteiger partial charge in [0.2, 0.25) is 5.91 Å². The van der Waals surface area contributed by atoms with Gasteiger partial charge in [-0.05, 0) is 19.9 Å². The fourth-order valence-electron chi connectivity index (χ4n) is 1.47. The van der Waals surface area contributed by atoms with Crippen molar-refractivity contribution in [3.8, 4) is 0 Å². The minimum atomic E-state index is -0.241. The van der Waals surface area contributed by atoms with E-state index in [-0.39, 0.29) is 17.5 Å². The molecule has 0 aliphatic carbocycles. The van der Waals surface area contributed by atoms with Crippen LogP contribution < -0.4 is 16.2 Å². The number of aromatic nitrogens is 1. The highest BCUT2D eigenvalue weighted by atomic mass is 16.2. The summed E-state index contributed by atoms with van der Waals surface area (Å²) in [6.45, 7) is 5.46. The van der Waals surface area contributed by atoms with E-state index >= 15 is 0 Å². The molecule has 1 unspecified atom stereocenters. The molecule has 0 saturated heterocycles. The third-order valence-corrected chi connectivity index (χ3v) is 2.45. The summed E-state index contributed by atoms with van der Waals surface area (Å²) in [6.07, 6.45) is 1.74. The van der Waals surface area contributed by atoms with E-state index in [2.05, 4.69) is 10.6 Å². The number of pyridine rings is 1. The van der Waals surface area contributed by atoms with Crippen LogP contribution in [0.4, 0.5) is 0 Å². The molecule has 1 aromatic heterocycles. The Morgan fingerprint density at radius 2 is 2.24 bits per heavy atom. The Balaban J connectivity index is 2.36. The quantitative estimate of drug-likeness (QED) is 0.730. The van der Waals surface area contributed by atoms with Crippen LogP contribution in [0.25, 0.3) is 0 Å². The summed E-state index contributed by atoms with van der Waals surface area (Å²) in [6, 6.07) is 4.81. The minimum Gasteiger partial charge on any atom is -0.355 e. The lowest BCUT2D eigenvalue weighted by Gasteiger charge is -2.13. The van der Waals surface area contributed by atoms with Crippen molar-refractivity contribution in [1.82, 2.24) is 15.2 Å². The van der Waals surface area contributed by atoms with Gasteiger partial charge in [-0.25, -0.2) is 0 Å².